The van der Waals surface area contributed by atoms with Crippen molar-refractivity contribution in [2.24, 2.45) is 0 Å². The topological polar surface area (TPSA) is 98.8 Å². The first-order valence-corrected chi connectivity index (χ1v) is 10.9. The molecule has 0 saturated carbocycles. The summed E-state index contributed by atoms with van der Waals surface area (Å²) in [5.41, 5.74) is 0.419. The lowest BCUT2D eigenvalue weighted by molar-refractivity contribution is 0.103. The molecule has 1 unspecified atom stereocenters. The van der Waals surface area contributed by atoms with Crippen LogP contribution in [0, 0.1) is 0 Å². The molecule has 2 rings (SSSR count). The molecule has 0 radical (unpaired) electrons. The first-order chi connectivity index (χ1) is 11.2. The maximum absolute atomic E-state index is 13.3. The number of carbonyl (C=O) groups is 1. The number of allylic oxidation sites excluding steroid dienone is 1. The monoisotopic (exact) mass is 437 g/mol. The minimum absolute atomic E-state index is 0.0642. The molecular formula is C14H17BrNO6PS. The Morgan fingerprint density at radius 1 is 1.25 bits per heavy atom. The summed E-state index contributed by atoms with van der Waals surface area (Å²) in [5, 5.41) is -1.85. The second-order valence-electron chi connectivity index (χ2n) is 5.00. The van der Waals surface area contributed by atoms with E-state index in [4.69, 9.17) is 9.05 Å². The van der Waals surface area contributed by atoms with Gasteiger partial charge < -0.3 is 9.05 Å². The number of hydrogen-bond acceptors (Lipinski definition) is 6. The normalized spacial score (nSPS) is 21.3. The third kappa shape index (κ3) is 3.05. The Morgan fingerprint density at radius 2 is 1.83 bits per heavy atom. The Bertz CT molecular complexity index is 845. The lowest BCUT2D eigenvalue weighted by atomic mass is 9.92. The van der Waals surface area contributed by atoms with Gasteiger partial charge in [-0.25, -0.2) is 8.42 Å². The van der Waals surface area contributed by atoms with Crippen LogP contribution in [0.3, 0.4) is 0 Å². The molecule has 1 aromatic carbocycles. The lowest BCUT2D eigenvalue weighted by Crippen LogP contribution is -2.48. The molecule has 1 N–H and O–H groups in total. The Labute approximate surface area is 149 Å². The minimum atomic E-state index is -4.04. The highest BCUT2D eigenvalue weighted by Gasteiger charge is 2.56. The molecule has 24 heavy (non-hydrogen) atoms. The van der Waals surface area contributed by atoms with Gasteiger partial charge in [0.25, 0.3) is 0 Å². The van der Waals surface area contributed by atoms with Crippen molar-refractivity contribution in [1.82, 2.24) is 4.72 Å². The fourth-order valence-corrected chi connectivity index (χ4v) is 6.40. The summed E-state index contributed by atoms with van der Waals surface area (Å²) in [6, 6.07) is 6.29. The van der Waals surface area contributed by atoms with E-state index in [2.05, 4.69) is 20.7 Å². The zero-order chi connectivity index (χ0) is 18.2. The van der Waals surface area contributed by atoms with Gasteiger partial charge in [0.2, 0.25) is 10.0 Å². The molecule has 0 aromatic heterocycles. The molecule has 0 spiro atoms. The molecule has 0 aliphatic heterocycles. The highest BCUT2D eigenvalue weighted by Crippen LogP contribution is 2.65. The maximum atomic E-state index is 13.3. The highest BCUT2D eigenvalue weighted by atomic mass is 79.9. The van der Waals surface area contributed by atoms with Crippen molar-refractivity contribution in [3.05, 3.63) is 46.0 Å². The summed E-state index contributed by atoms with van der Waals surface area (Å²) >= 11 is 3.12. The van der Waals surface area contributed by atoms with Crippen molar-refractivity contribution < 1.29 is 26.8 Å². The quantitative estimate of drug-likeness (QED) is 0.686. The van der Waals surface area contributed by atoms with Crippen LogP contribution in [0.1, 0.15) is 22.8 Å². The van der Waals surface area contributed by atoms with Gasteiger partial charge in [-0.1, -0.05) is 24.3 Å². The summed E-state index contributed by atoms with van der Waals surface area (Å²) in [4.78, 5) is 12.4. The molecule has 0 fully saturated rings. The standard InChI is InChI=1S/C14H17BrNO6PS/c1-4-24(19,20)16-14(23(18,21-2)22-3)9-12(15)13(17)10-7-5-6-8-11(10)14/h5-9,16H,4H2,1-3H3. The number of carbonyl (C=O) groups excluding carboxylic acids is 1. The van der Waals surface area contributed by atoms with Gasteiger partial charge in [-0.3, -0.25) is 9.36 Å². The first kappa shape index (κ1) is 19.5. The van der Waals surface area contributed by atoms with E-state index in [1.54, 1.807) is 12.1 Å². The molecule has 7 nitrogen and oxygen atoms in total. The SMILES string of the molecule is CCS(=O)(=O)NC1(P(=O)(OC)OC)C=C(Br)C(=O)c2ccccc21. The van der Waals surface area contributed by atoms with Gasteiger partial charge in [0.15, 0.2) is 11.1 Å². The lowest BCUT2D eigenvalue weighted by Gasteiger charge is -2.39. The van der Waals surface area contributed by atoms with Crippen molar-refractivity contribution in [1.29, 1.82) is 0 Å². The van der Waals surface area contributed by atoms with E-state index >= 15 is 0 Å². The van der Waals surface area contributed by atoms with Crippen LogP contribution in [-0.2, 0) is 28.9 Å². The van der Waals surface area contributed by atoms with Crippen LogP contribution >= 0.6 is 23.5 Å². The van der Waals surface area contributed by atoms with Crippen molar-refractivity contribution in [2.45, 2.75) is 12.2 Å². The average Bonchev–Trinajstić information content (AvgIpc) is 2.58. The summed E-state index contributed by atoms with van der Waals surface area (Å²) in [5.74, 6) is -0.598. The molecule has 0 heterocycles. The summed E-state index contributed by atoms with van der Waals surface area (Å²) in [6.07, 6.45) is 1.23. The van der Waals surface area contributed by atoms with E-state index in [1.807, 2.05) is 0 Å². The van der Waals surface area contributed by atoms with E-state index in [1.165, 1.54) is 25.1 Å². The van der Waals surface area contributed by atoms with E-state index in [9.17, 15) is 17.8 Å². The second kappa shape index (κ2) is 6.82. The molecule has 1 aliphatic carbocycles. The summed E-state index contributed by atoms with van der Waals surface area (Å²) in [7, 11) is -5.55. The van der Waals surface area contributed by atoms with Gasteiger partial charge in [0.05, 0.1) is 10.2 Å². The molecule has 1 aromatic rings. The summed E-state index contributed by atoms with van der Waals surface area (Å²) in [6.45, 7) is 1.44. The molecule has 1 atom stereocenters. The zero-order valence-corrected chi connectivity index (χ0v) is 16.6. The smallest absolute Gasteiger partial charge is 0.310 e. The van der Waals surface area contributed by atoms with Crippen molar-refractivity contribution in [2.75, 3.05) is 20.0 Å². The van der Waals surface area contributed by atoms with Crippen LogP contribution in [0.15, 0.2) is 34.8 Å². The van der Waals surface area contributed by atoms with Crippen LogP contribution in [0.2, 0.25) is 0 Å². The molecule has 0 amide bonds. The Morgan fingerprint density at radius 3 is 2.38 bits per heavy atom. The Balaban J connectivity index is 2.90. The summed E-state index contributed by atoms with van der Waals surface area (Å²) < 4.78 is 50.5. The largest absolute Gasteiger partial charge is 0.359 e. The van der Waals surface area contributed by atoms with E-state index in [0.717, 1.165) is 14.2 Å². The number of Topliss-reactive ketones (excluding diaryl/α,β-unsaturated/α-hetero) is 1. The van der Waals surface area contributed by atoms with Crippen LogP contribution in [-0.4, -0.2) is 34.2 Å². The fourth-order valence-electron chi connectivity index (χ4n) is 2.51. The van der Waals surface area contributed by atoms with Gasteiger partial charge in [0.1, 0.15) is 0 Å². The van der Waals surface area contributed by atoms with Gasteiger partial charge in [-0.2, -0.15) is 4.72 Å². The van der Waals surface area contributed by atoms with Gasteiger partial charge in [0, 0.05) is 25.3 Å². The van der Waals surface area contributed by atoms with E-state index < -0.39 is 22.9 Å². The van der Waals surface area contributed by atoms with Crippen molar-refractivity contribution in [3.63, 3.8) is 0 Å². The third-order valence-electron chi connectivity index (χ3n) is 3.74. The molecule has 0 saturated heterocycles. The Hall–Kier alpha value is -0.830. The number of sulfonamides is 1. The molecule has 1 aliphatic rings. The van der Waals surface area contributed by atoms with Gasteiger partial charge in [-0.15, -0.1) is 0 Å². The number of benzene rings is 1. The fraction of sp³-hybridized carbons (Fsp3) is 0.357. The van der Waals surface area contributed by atoms with Crippen molar-refractivity contribution in [3.8, 4) is 0 Å². The van der Waals surface area contributed by atoms with Crippen LogP contribution in [0.4, 0.5) is 0 Å². The van der Waals surface area contributed by atoms with Gasteiger partial charge >= 0.3 is 7.60 Å². The Kier molecular flexibility index (Phi) is 5.54. The number of fused-ring (bicyclic) bond motifs is 1. The van der Waals surface area contributed by atoms with Crippen LogP contribution in [0.25, 0.3) is 0 Å². The van der Waals surface area contributed by atoms with E-state index in [0.29, 0.717) is 0 Å². The first-order valence-electron chi connectivity index (χ1n) is 6.92. The van der Waals surface area contributed by atoms with E-state index in [-0.39, 0.29) is 27.1 Å². The number of ketones is 1. The molecular weight excluding hydrogens is 421 g/mol. The number of hydrogen-bond donors (Lipinski definition) is 1. The van der Waals surface area contributed by atoms with Crippen LogP contribution in [0.5, 0.6) is 0 Å². The number of nitrogens with one attached hydrogen (secondary N) is 1. The predicted molar refractivity (Wildman–Crippen MR) is 93.7 cm³/mol. The number of halogens is 1. The third-order valence-corrected chi connectivity index (χ3v) is 8.18. The highest BCUT2D eigenvalue weighted by molar-refractivity contribution is 9.12. The van der Waals surface area contributed by atoms with Crippen LogP contribution < -0.4 is 4.72 Å². The minimum Gasteiger partial charge on any atom is -0.310 e. The number of rotatable bonds is 6. The van der Waals surface area contributed by atoms with Crippen molar-refractivity contribution >= 4 is 39.3 Å². The second-order valence-corrected chi connectivity index (χ2v) is 10.3. The predicted octanol–water partition coefficient (Wildman–Crippen LogP) is 2.74. The zero-order valence-electron chi connectivity index (χ0n) is 13.3. The van der Waals surface area contributed by atoms with Gasteiger partial charge in [-0.05, 0) is 28.9 Å². The molecule has 0 bridgehead atoms. The maximum Gasteiger partial charge on any atom is 0.359 e. The average molecular weight is 438 g/mol. The molecule has 10 heteroatoms. The molecule has 132 valence electrons.